The minimum Gasteiger partial charge on any atom is -0.465 e. The number of hydrogen-bond donors (Lipinski definition) is 4. The quantitative estimate of drug-likeness (QED) is 0.181. The maximum atomic E-state index is 14.0. The van der Waals surface area contributed by atoms with Crippen molar-refractivity contribution in [2.24, 2.45) is 5.73 Å². The number of amides is 2. The van der Waals surface area contributed by atoms with Gasteiger partial charge in [0.05, 0.1) is 18.7 Å². The number of carbonyl (C=O) groups is 2. The van der Waals surface area contributed by atoms with Crippen LogP contribution in [0.15, 0.2) is 36.4 Å². The van der Waals surface area contributed by atoms with Crippen LogP contribution in [0.5, 0.6) is 0 Å². The van der Waals surface area contributed by atoms with Gasteiger partial charge in [0.2, 0.25) is 0 Å². The van der Waals surface area contributed by atoms with Crippen molar-refractivity contribution in [1.29, 1.82) is 5.41 Å². The summed E-state index contributed by atoms with van der Waals surface area (Å²) in [5.41, 5.74) is 5.89. The van der Waals surface area contributed by atoms with Crippen molar-refractivity contribution < 1.29 is 27.5 Å². The smallest absolute Gasteiger partial charge is 0.417 e. The van der Waals surface area contributed by atoms with Gasteiger partial charge in [-0.05, 0) is 69.7 Å². The summed E-state index contributed by atoms with van der Waals surface area (Å²) in [5.74, 6) is 4.54. The third kappa shape index (κ3) is 8.17. The predicted octanol–water partition coefficient (Wildman–Crippen LogP) is 4.25. The number of nitrogens with one attached hydrogen (secondary N) is 3. The van der Waals surface area contributed by atoms with Crippen LogP contribution in [-0.2, 0) is 15.7 Å². The number of nitrogens with zero attached hydrogens (tertiary/aromatic N) is 1. The van der Waals surface area contributed by atoms with Crippen LogP contribution >= 0.6 is 0 Å². The Bertz CT molecular complexity index is 1200. The second kappa shape index (κ2) is 12.7. The summed E-state index contributed by atoms with van der Waals surface area (Å²) in [6, 6.07) is 7.63. The van der Waals surface area contributed by atoms with Crippen LogP contribution in [0.1, 0.15) is 43.0 Å². The normalized spacial score (nSPS) is 10.8. The van der Waals surface area contributed by atoms with Gasteiger partial charge in [0.15, 0.2) is 0 Å². The van der Waals surface area contributed by atoms with E-state index in [1.54, 1.807) is 52.0 Å². The van der Waals surface area contributed by atoms with Crippen LogP contribution in [0, 0.1) is 24.2 Å². The Kier molecular flexibility index (Phi) is 9.94. The summed E-state index contributed by atoms with van der Waals surface area (Å²) in [7, 11) is 0. The molecule has 198 valence electrons. The van der Waals surface area contributed by atoms with E-state index < -0.39 is 36.3 Å². The zero-order valence-electron chi connectivity index (χ0n) is 21.0. The van der Waals surface area contributed by atoms with E-state index in [0.29, 0.717) is 16.8 Å². The highest BCUT2D eigenvalue weighted by Gasteiger charge is 2.35. The van der Waals surface area contributed by atoms with Crippen LogP contribution in [-0.4, -0.2) is 43.6 Å². The Hall–Kier alpha value is -4.20. The van der Waals surface area contributed by atoms with Crippen LogP contribution in [0.3, 0.4) is 0 Å². The number of nitrogens with two attached hydrogens (primary N) is 1. The molecule has 8 nitrogen and oxygen atoms in total. The number of amidine groups is 1. The van der Waals surface area contributed by atoms with Gasteiger partial charge in [0, 0.05) is 28.5 Å². The molecule has 0 spiro atoms. The standard InChI is InChI=1S/C26H30F3N5O3/c1-5-37-23(35)15-33-25(36)34(16(2)3)22-14-21(26(27,28)29)19(13-17(22)4)7-6-12-32-20-10-8-18(9-11-20)24(30)31/h8-11,13-14,16,32H,5,12,15H2,1-4H3,(H3,30,31)(H,33,36). The Morgan fingerprint density at radius 2 is 1.84 bits per heavy atom. The van der Waals surface area contributed by atoms with Gasteiger partial charge in [-0.15, -0.1) is 0 Å². The zero-order chi connectivity index (χ0) is 27.8. The molecule has 2 amide bonds. The number of hydrogen-bond acceptors (Lipinski definition) is 5. The number of ether oxygens (including phenoxy) is 1. The minimum absolute atomic E-state index is 0.0536. The van der Waals surface area contributed by atoms with E-state index in [2.05, 4.69) is 22.5 Å². The van der Waals surface area contributed by atoms with Crippen LogP contribution in [0.25, 0.3) is 0 Å². The molecule has 37 heavy (non-hydrogen) atoms. The molecule has 0 radical (unpaired) electrons. The molecule has 5 N–H and O–H groups in total. The van der Waals surface area contributed by atoms with Crippen molar-refractivity contribution in [3.8, 4) is 11.8 Å². The van der Waals surface area contributed by atoms with Crippen molar-refractivity contribution >= 4 is 29.2 Å². The topological polar surface area (TPSA) is 121 Å². The lowest BCUT2D eigenvalue weighted by molar-refractivity contribution is -0.141. The fourth-order valence-corrected chi connectivity index (χ4v) is 3.41. The van der Waals surface area contributed by atoms with E-state index in [4.69, 9.17) is 15.9 Å². The van der Waals surface area contributed by atoms with Crippen molar-refractivity contribution in [3.63, 3.8) is 0 Å². The van der Waals surface area contributed by atoms with E-state index in [0.717, 1.165) is 11.0 Å². The highest BCUT2D eigenvalue weighted by atomic mass is 19.4. The summed E-state index contributed by atoms with van der Waals surface area (Å²) < 4.78 is 46.6. The first kappa shape index (κ1) is 29.0. The molecule has 0 bridgehead atoms. The van der Waals surface area contributed by atoms with E-state index in [1.165, 1.54) is 6.07 Å². The second-order valence-electron chi connectivity index (χ2n) is 8.26. The number of alkyl halides is 3. The molecule has 2 aromatic rings. The van der Waals surface area contributed by atoms with Gasteiger partial charge in [-0.25, -0.2) is 4.79 Å². The third-order valence-corrected chi connectivity index (χ3v) is 5.13. The van der Waals surface area contributed by atoms with Crippen LogP contribution < -0.4 is 21.3 Å². The third-order valence-electron chi connectivity index (χ3n) is 5.13. The Morgan fingerprint density at radius 3 is 2.38 bits per heavy atom. The van der Waals surface area contributed by atoms with Crippen LogP contribution in [0.2, 0.25) is 0 Å². The average molecular weight is 518 g/mol. The van der Waals surface area contributed by atoms with Crippen molar-refractivity contribution in [3.05, 3.63) is 58.7 Å². The fraction of sp³-hybridized carbons (Fsp3) is 0.346. The average Bonchev–Trinajstić information content (AvgIpc) is 2.81. The molecular weight excluding hydrogens is 487 g/mol. The van der Waals surface area contributed by atoms with E-state index >= 15 is 0 Å². The number of rotatable bonds is 8. The lowest BCUT2D eigenvalue weighted by Gasteiger charge is -2.29. The van der Waals surface area contributed by atoms with Gasteiger partial charge < -0.3 is 21.1 Å². The second-order valence-corrected chi connectivity index (χ2v) is 8.26. The highest BCUT2D eigenvalue weighted by Crippen LogP contribution is 2.36. The number of benzene rings is 2. The molecule has 0 heterocycles. The van der Waals surface area contributed by atoms with Crippen LogP contribution in [0.4, 0.5) is 29.3 Å². The SMILES string of the molecule is CCOC(=O)CNC(=O)N(c1cc(C(F)(F)F)c(C#CCNc2ccc(C(=N)N)cc2)cc1C)C(C)C. The number of nitrogen functional groups attached to an aromatic ring is 1. The maximum Gasteiger partial charge on any atom is 0.417 e. The molecule has 0 aliphatic heterocycles. The van der Waals surface area contributed by atoms with Gasteiger partial charge in [-0.3, -0.25) is 15.1 Å². The summed E-state index contributed by atoms with van der Waals surface area (Å²) in [6.07, 6.45) is -4.72. The summed E-state index contributed by atoms with van der Waals surface area (Å²) in [4.78, 5) is 25.5. The number of aryl methyl sites for hydroxylation is 1. The summed E-state index contributed by atoms with van der Waals surface area (Å²) in [6.45, 7) is 6.32. The van der Waals surface area contributed by atoms with Crippen molar-refractivity contribution in [2.75, 3.05) is 29.9 Å². The van der Waals surface area contributed by atoms with Gasteiger partial charge in [-0.1, -0.05) is 11.8 Å². The lowest BCUT2D eigenvalue weighted by atomic mass is 10.0. The molecule has 0 saturated carbocycles. The molecule has 0 aromatic heterocycles. The Labute approximate surface area is 213 Å². The molecule has 0 fully saturated rings. The monoisotopic (exact) mass is 517 g/mol. The first-order chi connectivity index (χ1) is 17.3. The minimum atomic E-state index is -4.72. The van der Waals surface area contributed by atoms with Gasteiger partial charge in [0.1, 0.15) is 12.4 Å². The van der Waals surface area contributed by atoms with E-state index in [-0.39, 0.29) is 30.2 Å². The molecule has 0 aliphatic carbocycles. The molecule has 0 aliphatic rings. The zero-order valence-corrected chi connectivity index (χ0v) is 21.0. The van der Waals surface area contributed by atoms with E-state index in [1.807, 2.05) is 0 Å². The number of esters is 1. The molecule has 0 unspecified atom stereocenters. The first-order valence-corrected chi connectivity index (χ1v) is 11.5. The Balaban J connectivity index is 2.30. The molecule has 0 saturated heterocycles. The summed E-state index contributed by atoms with van der Waals surface area (Å²) >= 11 is 0. The first-order valence-electron chi connectivity index (χ1n) is 11.5. The molecule has 2 aromatic carbocycles. The number of halogens is 3. The lowest BCUT2D eigenvalue weighted by Crippen LogP contribution is -2.46. The largest absolute Gasteiger partial charge is 0.465 e. The molecular formula is C26H30F3N5O3. The van der Waals surface area contributed by atoms with E-state index in [9.17, 15) is 22.8 Å². The van der Waals surface area contributed by atoms with Crippen molar-refractivity contribution in [2.45, 2.75) is 39.9 Å². The maximum absolute atomic E-state index is 14.0. The van der Waals surface area contributed by atoms with Crippen molar-refractivity contribution in [1.82, 2.24) is 5.32 Å². The highest BCUT2D eigenvalue weighted by molar-refractivity contribution is 5.95. The molecule has 0 atom stereocenters. The fourth-order valence-electron chi connectivity index (χ4n) is 3.41. The molecule has 11 heteroatoms. The Morgan fingerprint density at radius 1 is 1.19 bits per heavy atom. The number of urea groups is 1. The molecule has 2 rings (SSSR count). The van der Waals surface area contributed by atoms with Gasteiger partial charge >= 0.3 is 18.2 Å². The number of carbonyl (C=O) groups excluding carboxylic acids is 2. The number of anilines is 2. The van der Waals surface area contributed by atoms with Gasteiger partial charge in [0.25, 0.3) is 0 Å². The van der Waals surface area contributed by atoms with Gasteiger partial charge in [-0.2, -0.15) is 13.2 Å². The predicted molar refractivity (Wildman–Crippen MR) is 137 cm³/mol. The summed E-state index contributed by atoms with van der Waals surface area (Å²) in [5, 5.41) is 12.8.